The van der Waals surface area contributed by atoms with Gasteiger partial charge in [0.05, 0.1) is 11.6 Å². The van der Waals surface area contributed by atoms with Gasteiger partial charge in [-0.1, -0.05) is 12.1 Å². The first kappa shape index (κ1) is 11.7. The Labute approximate surface area is 111 Å². The SMILES string of the molecule is N#CC(NC(=O)c1cccc2ncccc12)C1CC1. The number of carbonyl (C=O) groups excluding carboxylic acids is 1. The lowest BCUT2D eigenvalue weighted by Crippen LogP contribution is -2.35. The Kier molecular flexibility index (Phi) is 2.88. The van der Waals surface area contributed by atoms with Gasteiger partial charge in [0, 0.05) is 17.1 Å². The van der Waals surface area contributed by atoms with E-state index < -0.39 is 0 Å². The predicted octanol–water partition coefficient (Wildman–Crippen LogP) is 2.27. The summed E-state index contributed by atoms with van der Waals surface area (Å²) in [5.41, 5.74) is 1.36. The minimum atomic E-state index is -0.376. The Hall–Kier alpha value is -2.41. The van der Waals surface area contributed by atoms with Gasteiger partial charge in [0.2, 0.25) is 0 Å². The molecule has 1 atom stereocenters. The molecular weight excluding hydrogens is 238 g/mol. The zero-order chi connectivity index (χ0) is 13.2. The minimum Gasteiger partial charge on any atom is -0.336 e. The highest BCUT2D eigenvalue weighted by Gasteiger charge is 2.32. The Morgan fingerprint density at radius 3 is 2.95 bits per heavy atom. The molecule has 0 saturated heterocycles. The average molecular weight is 251 g/mol. The van der Waals surface area contributed by atoms with Gasteiger partial charge in [-0.2, -0.15) is 5.26 Å². The summed E-state index contributed by atoms with van der Waals surface area (Å²) < 4.78 is 0. The summed E-state index contributed by atoms with van der Waals surface area (Å²) >= 11 is 0. The van der Waals surface area contributed by atoms with Crippen LogP contribution in [0.2, 0.25) is 0 Å². The zero-order valence-corrected chi connectivity index (χ0v) is 10.3. The number of carbonyl (C=O) groups is 1. The zero-order valence-electron chi connectivity index (χ0n) is 10.3. The number of aromatic nitrogens is 1. The fourth-order valence-corrected chi connectivity index (χ4v) is 2.21. The van der Waals surface area contributed by atoms with Crippen molar-refractivity contribution < 1.29 is 4.79 Å². The Morgan fingerprint density at radius 2 is 2.21 bits per heavy atom. The number of benzene rings is 1. The molecule has 2 aromatic rings. The van der Waals surface area contributed by atoms with Crippen LogP contribution in [-0.4, -0.2) is 16.9 Å². The fraction of sp³-hybridized carbons (Fsp3) is 0.267. The first-order valence-corrected chi connectivity index (χ1v) is 6.34. The molecule has 1 unspecified atom stereocenters. The molecule has 1 saturated carbocycles. The molecule has 1 aromatic carbocycles. The van der Waals surface area contributed by atoms with E-state index in [9.17, 15) is 4.79 Å². The second-order valence-corrected chi connectivity index (χ2v) is 4.79. The molecule has 4 heteroatoms. The summed E-state index contributed by atoms with van der Waals surface area (Å²) in [6, 6.07) is 10.9. The van der Waals surface area contributed by atoms with Crippen molar-refractivity contribution in [3.05, 3.63) is 42.1 Å². The molecule has 1 aromatic heterocycles. The van der Waals surface area contributed by atoms with Crippen LogP contribution >= 0.6 is 0 Å². The van der Waals surface area contributed by atoms with Gasteiger partial charge in [-0.25, -0.2) is 0 Å². The molecule has 0 aliphatic heterocycles. The Bertz CT molecular complexity index is 665. The van der Waals surface area contributed by atoms with Crippen LogP contribution in [0.1, 0.15) is 23.2 Å². The molecule has 1 aliphatic rings. The number of amides is 1. The molecule has 1 amide bonds. The molecule has 4 nitrogen and oxygen atoms in total. The maximum absolute atomic E-state index is 12.3. The number of hydrogen-bond acceptors (Lipinski definition) is 3. The van der Waals surface area contributed by atoms with Crippen LogP contribution < -0.4 is 5.32 Å². The molecule has 3 rings (SSSR count). The Balaban J connectivity index is 1.91. The summed E-state index contributed by atoms with van der Waals surface area (Å²) in [6.07, 6.45) is 3.75. The van der Waals surface area contributed by atoms with E-state index in [0.717, 1.165) is 23.7 Å². The molecule has 1 fully saturated rings. The fourth-order valence-electron chi connectivity index (χ4n) is 2.21. The van der Waals surface area contributed by atoms with E-state index in [0.29, 0.717) is 11.5 Å². The molecule has 1 N–H and O–H groups in total. The van der Waals surface area contributed by atoms with Crippen molar-refractivity contribution in [2.75, 3.05) is 0 Å². The van der Waals surface area contributed by atoms with E-state index in [1.54, 1.807) is 12.3 Å². The van der Waals surface area contributed by atoms with Crippen molar-refractivity contribution >= 4 is 16.8 Å². The van der Waals surface area contributed by atoms with Crippen LogP contribution in [0.5, 0.6) is 0 Å². The minimum absolute atomic E-state index is 0.197. The van der Waals surface area contributed by atoms with Crippen LogP contribution in [0.25, 0.3) is 10.9 Å². The normalized spacial score (nSPS) is 15.7. The van der Waals surface area contributed by atoms with Crippen molar-refractivity contribution in [2.24, 2.45) is 5.92 Å². The number of nitrogens with one attached hydrogen (secondary N) is 1. The van der Waals surface area contributed by atoms with Gasteiger partial charge in [-0.3, -0.25) is 9.78 Å². The van der Waals surface area contributed by atoms with Gasteiger partial charge in [-0.05, 0) is 37.0 Å². The first-order chi connectivity index (χ1) is 9.29. The maximum atomic E-state index is 12.3. The van der Waals surface area contributed by atoms with E-state index in [4.69, 9.17) is 5.26 Å². The predicted molar refractivity (Wildman–Crippen MR) is 71.3 cm³/mol. The molecule has 0 bridgehead atoms. The number of rotatable bonds is 3. The highest BCUT2D eigenvalue weighted by atomic mass is 16.1. The Morgan fingerprint density at radius 1 is 1.37 bits per heavy atom. The van der Waals surface area contributed by atoms with Crippen LogP contribution in [0, 0.1) is 17.2 Å². The van der Waals surface area contributed by atoms with Gasteiger partial charge < -0.3 is 5.32 Å². The highest BCUT2D eigenvalue weighted by molar-refractivity contribution is 6.06. The summed E-state index contributed by atoms with van der Waals surface area (Å²) in [5, 5.41) is 12.7. The van der Waals surface area contributed by atoms with E-state index in [1.807, 2.05) is 24.3 Å². The second kappa shape index (κ2) is 4.69. The van der Waals surface area contributed by atoms with Crippen molar-refractivity contribution in [3.63, 3.8) is 0 Å². The van der Waals surface area contributed by atoms with Crippen LogP contribution in [0.4, 0.5) is 0 Å². The summed E-state index contributed by atoms with van der Waals surface area (Å²) in [7, 11) is 0. The van der Waals surface area contributed by atoms with Gasteiger partial charge in [-0.15, -0.1) is 0 Å². The molecule has 19 heavy (non-hydrogen) atoms. The second-order valence-electron chi connectivity index (χ2n) is 4.79. The lowest BCUT2D eigenvalue weighted by molar-refractivity contribution is 0.0943. The van der Waals surface area contributed by atoms with Crippen molar-refractivity contribution in [1.82, 2.24) is 10.3 Å². The topological polar surface area (TPSA) is 65.8 Å². The quantitative estimate of drug-likeness (QED) is 0.910. The largest absolute Gasteiger partial charge is 0.336 e. The molecule has 0 spiro atoms. The third-order valence-electron chi connectivity index (χ3n) is 3.41. The third-order valence-corrected chi connectivity index (χ3v) is 3.41. The van der Waals surface area contributed by atoms with Gasteiger partial charge in [0.1, 0.15) is 6.04 Å². The average Bonchev–Trinajstić information content (AvgIpc) is 3.28. The van der Waals surface area contributed by atoms with Crippen LogP contribution in [-0.2, 0) is 0 Å². The number of fused-ring (bicyclic) bond motifs is 1. The first-order valence-electron chi connectivity index (χ1n) is 6.34. The molecule has 0 radical (unpaired) electrons. The van der Waals surface area contributed by atoms with E-state index >= 15 is 0 Å². The third kappa shape index (κ3) is 2.27. The monoisotopic (exact) mass is 251 g/mol. The van der Waals surface area contributed by atoms with Gasteiger partial charge >= 0.3 is 0 Å². The number of nitriles is 1. The smallest absolute Gasteiger partial charge is 0.253 e. The van der Waals surface area contributed by atoms with Crippen molar-refractivity contribution in [2.45, 2.75) is 18.9 Å². The van der Waals surface area contributed by atoms with E-state index in [-0.39, 0.29) is 11.9 Å². The van der Waals surface area contributed by atoms with E-state index in [2.05, 4.69) is 16.4 Å². The maximum Gasteiger partial charge on any atom is 0.253 e. The standard InChI is InChI=1S/C15H13N3O/c16-9-14(10-6-7-10)18-15(19)12-3-1-5-13-11(12)4-2-8-17-13/h1-5,8,10,14H,6-7H2,(H,18,19). The van der Waals surface area contributed by atoms with Gasteiger partial charge in [0.25, 0.3) is 5.91 Å². The van der Waals surface area contributed by atoms with Crippen LogP contribution in [0.3, 0.4) is 0 Å². The lowest BCUT2D eigenvalue weighted by Gasteiger charge is -2.11. The van der Waals surface area contributed by atoms with E-state index in [1.165, 1.54) is 0 Å². The molecule has 94 valence electrons. The summed E-state index contributed by atoms with van der Waals surface area (Å²) in [6.45, 7) is 0. The lowest BCUT2D eigenvalue weighted by atomic mass is 10.1. The number of nitrogens with zero attached hydrogens (tertiary/aromatic N) is 2. The van der Waals surface area contributed by atoms with Crippen molar-refractivity contribution in [1.29, 1.82) is 5.26 Å². The molecule has 1 heterocycles. The summed E-state index contributed by atoms with van der Waals surface area (Å²) in [5.74, 6) is 0.124. The number of hydrogen-bond donors (Lipinski definition) is 1. The number of pyridine rings is 1. The molecular formula is C15H13N3O. The summed E-state index contributed by atoms with van der Waals surface area (Å²) in [4.78, 5) is 16.5. The highest BCUT2D eigenvalue weighted by Crippen LogP contribution is 2.32. The molecule has 1 aliphatic carbocycles. The van der Waals surface area contributed by atoms with Crippen LogP contribution in [0.15, 0.2) is 36.5 Å². The van der Waals surface area contributed by atoms with Gasteiger partial charge in [0.15, 0.2) is 0 Å². The van der Waals surface area contributed by atoms with Crippen molar-refractivity contribution in [3.8, 4) is 6.07 Å².